The van der Waals surface area contributed by atoms with E-state index in [0.29, 0.717) is 5.15 Å². The number of thiophene rings is 1. The fourth-order valence-corrected chi connectivity index (χ4v) is 3.68. The van der Waals surface area contributed by atoms with Crippen LogP contribution in [-0.4, -0.2) is 9.97 Å². The monoisotopic (exact) mass is 338 g/mol. The van der Waals surface area contributed by atoms with Gasteiger partial charge in [-0.3, -0.25) is 0 Å². The zero-order valence-corrected chi connectivity index (χ0v) is 12.6. The Kier molecular flexibility index (Phi) is 3.09. The molecule has 2 heterocycles. The predicted octanol–water partition coefficient (Wildman–Crippen LogP) is 5.08. The molecule has 0 aliphatic heterocycles. The molecule has 0 aliphatic carbocycles. The van der Waals surface area contributed by atoms with Crippen molar-refractivity contribution in [2.24, 2.45) is 0 Å². The number of fused-ring (bicyclic) bond motifs is 1. The molecule has 2 nitrogen and oxygen atoms in total. The van der Waals surface area contributed by atoms with Crippen LogP contribution in [0.1, 0.15) is 5.56 Å². The molecule has 0 fully saturated rings. The van der Waals surface area contributed by atoms with Gasteiger partial charge in [-0.2, -0.15) is 0 Å². The van der Waals surface area contributed by atoms with Gasteiger partial charge in [0.05, 0.1) is 10.2 Å². The molecule has 5 heteroatoms. The van der Waals surface area contributed by atoms with Crippen LogP contribution in [0.15, 0.2) is 35.1 Å². The second-order valence-electron chi connectivity index (χ2n) is 3.93. The highest BCUT2D eigenvalue weighted by Gasteiger charge is 2.11. The van der Waals surface area contributed by atoms with Crippen molar-refractivity contribution in [3.63, 3.8) is 0 Å². The van der Waals surface area contributed by atoms with Gasteiger partial charge in [0.2, 0.25) is 0 Å². The summed E-state index contributed by atoms with van der Waals surface area (Å²) in [6, 6.07) is 8.26. The van der Waals surface area contributed by atoms with Crippen molar-refractivity contribution >= 4 is 49.1 Å². The van der Waals surface area contributed by atoms with Gasteiger partial charge in [-0.15, -0.1) is 11.3 Å². The summed E-state index contributed by atoms with van der Waals surface area (Å²) in [7, 11) is 0. The fourth-order valence-electron chi connectivity index (χ4n) is 1.80. The van der Waals surface area contributed by atoms with Crippen LogP contribution in [-0.2, 0) is 0 Å². The quantitative estimate of drug-likeness (QED) is 0.578. The standard InChI is InChI=1S/C13H8BrClN2S/c1-7-3-2-4-8(11(7)14)10-5-9-12(18-10)13(15)17-6-16-9/h2-6H,1H3. The molecule has 18 heavy (non-hydrogen) atoms. The number of hydrogen-bond acceptors (Lipinski definition) is 3. The van der Waals surface area contributed by atoms with Gasteiger partial charge in [-0.25, -0.2) is 9.97 Å². The lowest BCUT2D eigenvalue weighted by atomic mass is 10.1. The van der Waals surface area contributed by atoms with Gasteiger partial charge >= 0.3 is 0 Å². The van der Waals surface area contributed by atoms with E-state index in [-0.39, 0.29) is 0 Å². The van der Waals surface area contributed by atoms with Gasteiger partial charge in [-0.05, 0) is 34.5 Å². The van der Waals surface area contributed by atoms with Crippen LogP contribution >= 0.6 is 38.9 Å². The number of halogens is 2. The summed E-state index contributed by atoms with van der Waals surface area (Å²) < 4.78 is 2.04. The number of rotatable bonds is 1. The Morgan fingerprint density at radius 3 is 2.89 bits per heavy atom. The van der Waals surface area contributed by atoms with Crippen LogP contribution in [0.2, 0.25) is 5.15 Å². The second-order valence-corrected chi connectivity index (χ2v) is 6.13. The Hall–Kier alpha value is -0.970. The fraction of sp³-hybridized carbons (Fsp3) is 0.0769. The van der Waals surface area contributed by atoms with Gasteiger partial charge in [0.15, 0.2) is 0 Å². The molecule has 1 aromatic carbocycles. The SMILES string of the molecule is Cc1cccc(-c2cc3ncnc(Cl)c3s2)c1Br. The van der Waals surface area contributed by atoms with Gasteiger partial charge < -0.3 is 0 Å². The molecular weight excluding hydrogens is 332 g/mol. The summed E-state index contributed by atoms with van der Waals surface area (Å²) in [5.41, 5.74) is 3.26. The summed E-state index contributed by atoms with van der Waals surface area (Å²) in [5.74, 6) is 0. The summed E-state index contributed by atoms with van der Waals surface area (Å²) in [4.78, 5) is 9.39. The molecule has 0 N–H and O–H groups in total. The van der Waals surface area contributed by atoms with Crippen LogP contribution in [0.25, 0.3) is 20.7 Å². The Bertz CT molecular complexity index is 739. The van der Waals surface area contributed by atoms with Gasteiger partial charge in [0.1, 0.15) is 11.5 Å². The molecule has 90 valence electrons. The van der Waals surface area contributed by atoms with Crippen molar-refractivity contribution in [2.45, 2.75) is 6.92 Å². The van der Waals surface area contributed by atoms with Crippen LogP contribution in [0.5, 0.6) is 0 Å². The first-order valence-electron chi connectivity index (χ1n) is 5.32. The second kappa shape index (κ2) is 4.61. The Labute approximate surface area is 122 Å². The van der Waals surface area contributed by atoms with Crippen LogP contribution < -0.4 is 0 Å². The summed E-state index contributed by atoms with van der Waals surface area (Å²) >= 11 is 11.3. The van der Waals surface area contributed by atoms with Crippen LogP contribution in [0.4, 0.5) is 0 Å². The van der Waals surface area contributed by atoms with E-state index < -0.39 is 0 Å². The number of aromatic nitrogens is 2. The van der Waals surface area contributed by atoms with Crippen molar-refractivity contribution in [1.29, 1.82) is 0 Å². The van der Waals surface area contributed by atoms with Crippen LogP contribution in [0.3, 0.4) is 0 Å². The molecule has 3 rings (SSSR count). The summed E-state index contributed by atoms with van der Waals surface area (Å²) in [6.45, 7) is 2.08. The Morgan fingerprint density at radius 2 is 2.11 bits per heavy atom. The largest absolute Gasteiger partial charge is 0.235 e. The lowest BCUT2D eigenvalue weighted by molar-refractivity contribution is 1.23. The molecule has 0 amide bonds. The number of hydrogen-bond donors (Lipinski definition) is 0. The smallest absolute Gasteiger partial charge is 0.150 e. The van der Waals surface area contributed by atoms with Crippen molar-refractivity contribution < 1.29 is 0 Å². The Balaban J connectivity index is 2.26. The molecule has 0 saturated carbocycles. The molecular formula is C13H8BrClN2S. The first-order chi connectivity index (χ1) is 8.66. The molecule has 0 radical (unpaired) electrons. The normalized spacial score (nSPS) is 11.1. The first kappa shape index (κ1) is 12.1. The zero-order chi connectivity index (χ0) is 12.7. The Morgan fingerprint density at radius 1 is 1.28 bits per heavy atom. The van der Waals surface area contributed by atoms with Crippen LogP contribution in [0, 0.1) is 6.92 Å². The van der Waals surface area contributed by atoms with Crippen molar-refractivity contribution in [3.05, 3.63) is 45.8 Å². The minimum atomic E-state index is 0.514. The topological polar surface area (TPSA) is 25.8 Å². The molecule has 0 unspecified atom stereocenters. The minimum absolute atomic E-state index is 0.514. The van der Waals surface area contributed by atoms with Crippen molar-refractivity contribution in [1.82, 2.24) is 9.97 Å². The lowest BCUT2D eigenvalue weighted by Crippen LogP contribution is -1.79. The molecule has 0 saturated heterocycles. The number of nitrogens with zero attached hydrogens (tertiary/aromatic N) is 2. The average molecular weight is 340 g/mol. The number of benzene rings is 1. The maximum absolute atomic E-state index is 6.08. The third-order valence-electron chi connectivity index (χ3n) is 2.72. The summed E-state index contributed by atoms with van der Waals surface area (Å²) in [6.07, 6.45) is 1.49. The third-order valence-corrected chi connectivity index (χ3v) is 5.34. The molecule has 0 spiro atoms. The van der Waals surface area contributed by atoms with Crippen molar-refractivity contribution in [3.8, 4) is 10.4 Å². The van der Waals surface area contributed by atoms with E-state index >= 15 is 0 Å². The highest BCUT2D eigenvalue weighted by Crippen LogP contribution is 2.39. The minimum Gasteiger partial charge on any atom is -0.235 e. The van der Waals surface area contributed by atoms with E-state index in [0.717, 1.165) is 25.1 Å². The molecule has 2 aromatic heterocycles. The van der Waals surface area contributed by atoms with E-state index in [1.807, 2.05) is 12.1 Å². The summed E-state index contributed by atoms with van der Waals surface area (Å²) in [5, 5.41) is 0.514. The third kappa shape index (κ3) is 1.94. The lowest BCUT2D eigenvalue weighted by Gasteiger charge is -2.03. The maximum Gasteiger partial charge on any atom is 0.150 e. The van der Waals surface area contributed by atoms with E-state index in [4.69, 9.17) is 11.6 Å². The van der Waals surface area contributed by atoms with E-state index in [9.17, 15) is 0 Å². The molecule has 0 atom stereocenters. The van der Waals surface area contributed by atoms with Crippen molar-refractivity contribution in [2.75, 3.05) is 0 Å². The average Bonchev–Trinajstić information content (AvgIpc) is 2.78. The predicted molar refractivity (Wildman–Crippen MR) is 80.3 cm³/mol. The highest BCUT2D eigenvalue weighted by atomic mass is 79.9. The van der Waals surface area contributed by atoms with Gasteiger partial charge in [0, 0.05) is 14.9 Å². The molecule has 0 aliphatic rings. The first-order valence-corrected chi connectivity index (χ1v) is 7.31. The van der Waals surface area contributed by atoms with Gasteiger partial charge in [-0.1, -0.05) is 29.8 Å². The molecule has 0 bridgehead atoms. The molecule has 3 aromatic rings. The van der Waals surface area contributed by atoms with Gasteiger partial charge in [0.25, 0.3) is 0 Å². The maximum atomic E-state index is 6.08. The number of aryl methyl sites for hydroxylation is 1. The van der Waals surface area contributed by atoms with E-state index in [1.165, 1.54) is 11.9 Å². The zero-order valence-electron chi connectivity index (χ0n) is 9.45. The highest BCUT2D eigenvalue weighted by molar-refractivity contribution is 9.10. The van der Waals surface area contributed by atoms with E-state index in [1.54, 1.807) is 11.3 Å². The van der Waals surface area contributed by atoms with E-state index in [2.05, 4.69) is 45.0 Å².